The van der Waals surface area contributed by atoms with E-state index in [0.29, 0.717) is 17.8 Å². The van der Waals surface area contributed by atoms with Crippen LogP contribution in [-0.4, -0.2) is 62.4 Å². The second-order valence-electron chi connectivity index (χ2n) is 4.45. The van der Waals surface area contributed by atoms with Gasteiger partial charge in [-0.3, -0.25) is 0 Å². The summed E-state index contributed by atoms with van der Waals surface area (Å²) in [7, 11) is 5.51. The van der Waals surface area contributed by atoms with Gasteiger partial charge < -0.3 is 19.9 Å². The van der Waals surface area contributed by atoms with Crippen molar-refractivity contribution in [3.63, 3.8) is 0 Å². The number of ether oxygens (including phenoxy) is 1. The van der Waals surface area contributed by atoms with Crippen molar-refractivity contribution in [3.8, 4) is 0 Å². The number of nitrogens with zero attached hydrogens (tertiary/aromatic N) is 5. The van der Waals surface area contributed by atoms with Gasteiger partial charge in [0.2, 0.25) is 17.8 Å². The first-order valence-electron chi connectivity index (χ1n) is 7.05. The molecule has 0 spiro atoms. The average Bonchev–Trinajstić information content (AvgIpc) is 2.48. The molecular formula is C13H26N6O. The first-order chi connectivity index (χ1) is 9.65. The van der Waals surface area contributed by atoms with Gasteiger partial charge in [-0.15, -0.1) is 0 Å². The molecule has 0 aliphatic heterocycles. The van der Waals surface area contributed by atoms with Gasteiger partial charge in [-0.1, -0.05) is 0 Å². The highest BCUT2D eigenvalue weighted by atomic mass is 16.5. The quantitative estimate of drug-likeness (QED) is 0.683. The summed E-state index contributed by atoms with van der Waals surface area (Å²) < 4.78 is 5.07. The maximum absolute atomic E-state index is 5.07. The minimum Gasteiger partial charge on any atom is -0.385 e. The summed E-state index contributed by atoms with van der Waals surface area (Å²) in [6.07, 6.45) is 0.939. The molecule has 7 heteroatoms. The Morgan fingerprint density at radius 1 is 1.10 bits per heavy atom. The molecule has 0 radical (unpaired) electrons. The van der Waals surface area contributed by atoms with Crippen molar-refractivity contribution in [3.05, 3.63) is 0 Å². The summed E-state index contributed by atoms with van der Waals surface area (Å²) in [5.41, 5.74) is 0. The highest BCUT2D eigenvalue weighted by Crippen LogP contribution is 2.15. The number of hydrogen-bond donors (Lipinski definition) is 1. The zero-order valence-electron chi connectivity index (χ0n) is 13.2. The average molecular weight is 282 g/mol. The van der Waals surface area contributed by atoms with E-state index in [2.05, 4.69) is 39.0 Å². The Kier molecular flexibility index (Phi) is 7.00. The first kappa shape index (κ1) is 16.4. The molecule has 0 aromatic carbocycles. The number of aromatic nitrogens is 3. The third kappa shape index (κ3) is 4.48. The fourth-order valence-electron chi connectivity index (χ4n) is 1.83. The minimum atomic E-state index is 0.593. The molecule has 1 aromatic rings. The smallest absolute Gasteiger partial charge is 0.231 e. The second kappa shape index (κ2) is 8.52. The zero-order valence-corrected chi connectivity index (χ0v) is 13.2. The van der Waals surface area contributed by atoms with Crippen molar-refractivity contribution >= 4 is 17.8 Å². The molecule has 0 amide bonds. The molecule has 7 nitrogen and oxygen atoms in total. The van der Waals surface area contributed by atoms with Gasteiger partial charge in [0.25, 0.3) is 0 Å². The Hall–Kier alpha value is -1.63. The van der Waals surface area contributed by atoms with Crippen LogP contribution in [-0.2, 0) is 4.74 Å². The van der Waals surface area contributed by atoms with Crippen LogP contribution in [0.3, 0.4) is 0 Å². The molecule has 0 aliphatic rings. The van der Waals surface area contributed by atoms with E-state index in [1.165, 1.54) is 0 Å². The van der Waals surface area contributed by atoms with Gasteiger partial charge in [0.05, 0.1) is 0 Å². The summed E-state index contributed by atoms with van der Waals surface area (Å²) in [4.78, 5) is 17.5. The van der Waals surface area contributed by atoms with Crippen molar-refractivity contribution in [2.45, 2.75) is 20.3 Å². The van der Waals surface area contributed by atoms with Crippen LogP contribution in [0.4, 0.5) is 17.8 Å². The Balaban J connectivity index is 2.91. The van der Waals surface area contributed by atoms with E-state index in [4.69, 9.17) is 4.74 Å². The minimum absolute atomic E-state index is 0.593. The van der Waals surface area contributed by atoms with E-state index in [9.17, 15) is 0 Å². The lowest BCUT2D eigenvalue weighted by Crippen LogP contribution is -2.28. The van der Waals surface area contributed by atoms with Crippen molar-refractivity contribution in [1.29, 1.82) is 0 Å². The molecule has 1 rings (SSSR count). The van der Waals surface area contributed by atoms with E-state index >= 15 is 0 Å². The predicted molar refractivity (Wildman–Crippen MR) is 82.7 cm³/mol. The molecule has 114 valence electrons. The summed E-state index contributed by atoms with van der Waals surface area (Å²) in [6.45, 7) is 7.51. The molecule has 0 aliphatic carbocycles. The number of hydrogen-bond acceptors (Lipinski definition) is 7. The highest BCUT2D eigenvalue weighted by Gasteiger charge is 2.13. The van der Waals surface area contributed by atoms with Crippen molar-refractivity contribution in [2.75, 3.05) is 62.6 Å². The fraction of sp³-hybridized carbons (Fsp3) is 0.769. The molecule has 20 heavy (non-hydrogen) atoms. The van der Waals surface area contributed by atoms with Crippen LogP contribution in [0.15, 0.2) is 0 Å². The van der Waals surface area contributed by atoms with Crippen LogP contribution in [0, 0.1) is 0 Å². The molecule has 0 saturated heterocycles. The van der Waals surface area contributed by atoms with Gasteiger partial charge in [-0.2, -0.15) is 15.0 Å². The van der Waals surface area contributed by atoms with Gasteiger partial charge in [-0.05, 0) is 20.3 Å². The van der Waals surface area contributed by atoms with Crippen LogP contribution < -0.4 is 15.1 Å². The van der Waals surface area contributed by atoms with Gasteiger partial charge >= 0.3 is 0 Å². The first-order valence-corrected chi connectivity index (χ1v) is 7.05. The predicted octanol–water partition coefficient (Wildman–Crippen LogP) is 1.23. The Bertz CT molecular complexity index is 396. The third-order valence-electron chi connectivity index (χ3n) is 3.07. The molecule has 1 heterocycles. The van der Waals surface area contributed by atoms with Gasteiger partial charge in [0.15, 0.2) is 0 Å². The number of nitrogens with one attached hydrogen (secondary N) is 1. The third-order valence-corrected chi connectivity index (χ3v) is 3.07. The molecule has 0 atom stereocenters. The van der Waals surface area contributed by atoms with Crippen molar-refractivity contribution in [1.82, 2.24) is 15.0 Å². The number of rotatable bonds is 9. The molecular weight excluding hydrogens is 256 g/mol. The summed E-state index contributed by atoms with van der Waals surface area (Å²) in [5, 5.41) is 2.99. The Morgan fingerprint density at radius 2 is 1.75 bits per heavy atom. The number of methoxy groups -OCH3 is 1. The van der Waals surface area contributed by atoms with Crippen molar-refractivity contribution in [2.24, 2.45) is 0 Å². The largest absolute Gasteiger partial charge is 0.385 e. The highest BCUT2D eigenvalue weighted by molar-refractivity contribution is 5.44. The topological polar surface area (TPSA) is 66.4 Å². The maximum Gasteiger partial charge on any atom is 0.231 e. The zero-order chi connectivity index (χ0) is 15.0. The molecule has 1 aromatic heterocycles. The van der Waals surface area contributed by atoms with Crippen LogP contribution in [0.5, 0.6) is 0 Å². The van der Waals surface area contributed by atoms with E-state index in [1.54, 1.807) is 7.11 Å². The van der Waals surface area contributed by atoms with Gasteiger partial charge in [0, 0.05) is 47.4 Å². The van der Waals surface area contributed by atoms with Gasteiger partial charge in [0.1, 0.15) is 0 Å². The normalized spacial score (nSPS) is 10.4. The summed E-state index contributed by atoms with van der Waals surface area (Å²) in [5.74, 6) is 1.99. The molecule has 0 unspecified atom stereocenters. The van der Waals surface area contributed by atoms with Crippen molar-refractivity contribution < 1.29 is 4.74 Å². The Morgan fingerprint density at radius 3 is 2.30 bits per heavy atom. The number of anilines is 3. The van der Waals surface area contributed by atoms with Gasteiger partial charge in [-0.25, -0.2) is 0 Å². The molecule has 0 bridgehead atoms. The lowest BCUT2D eigenvalue weighted by Gasteiger charge is -2.22. The van der Waals surface area contributed by atoms with E-state index in [1.807, 2.05) is 19.0 Å². The summed E-state index contributed by atoms with van der Waals surface area (Å²) >= 11 is 0. The van der Waals surface area contributed by atoms with Crippen LogP contribution in [0.2, 0.25) is 0 Å². The Labute approximate surface area is 121 Å². The second-order valence-corrected chi connectivity index (χ2v) is 4.45. The lowest BCUT2D eigenvalue weighted by atomic mass is 10.4. The molecule has 0 saturated carbocycles. The lowest BCUT2D eigenvalue weighted by molar-refractivity contribution is 0.196. The van der Waals surface area contributed by atoms with Crippen LogP contribution in [0.25, 0.3) is 0 Å². The van der Waals surface area contributed by atoms with E-state index < -0.39 is 0 Å². The van der Waals surface area contributed by atoms with Crippen LogP contribution in [0.1, 0.15) is 20.3 Å². The SMILES string of the molecule is CCN(CC)c1nc(NC)nc(N(C)CCCOC)n1. The van der Waals surface area contributed by atoms with Crippen LogP contribution >= 0.6 is 0 Å². The fourth-order valence-corrected chi connectivity index (χ4v) is 1.83. The van der Waals surface area contributed by atoms with E-state index in [-0.39, 0.29) is 0 Å². The monoisotopic (exact) mass is 282 g/mol. The van der Waals surface area contributed by atoms with E-state index in [0.717, 1.165) is 32.7 Å². The summed E-state index contributed by atoms with van der Waals surface area (Å²) in [6, 6.07) is 0. The maximum atomic E-state index is 5.07. The molecule has 0 fully saturated rings. The molecule has 1 N–H and O–H groups in total. The standard InChI is InChI=1S/C13H26N6O/c1-6-19(7-2)13-16-11(14-3)15-12(17-13)18(4)9-8-10-20-5/h6-10H2,1-5H3,(H,14,15,16,17).